The largest absolute Gasteiger partial charge is 0.493 e. The maximum atomic E-state index is 11.8. The fourth-order valence-corrected chi connectivity index (χ4v) is 2.11. The summed E-state index contributed by atoms with van der Waals surface area (Å²) in [4.78, 5) is 11.8. The van der Waals surface area contributed by atoms with Gasteiger partial charge in [0.25, 0.3) is 0 Å². The Morgan fingerprint density at radius 1 is 1.25 bits per heavy atom. The van der Waals surface area contributed by atoms with E-state index in [0.29, 0.717) is 17.2 Å². The Kier molecular flexibility index (Phi) is 5.06. The molecule has 0 saturated carbocycles. The molecule has 0 spiro atoms. The first kappa shape index (κ1) is 14.5. The van der Waals surface area contributed by atoms with Crippen LogP contribution in [-0.2, 0) is 4.74 Å². The van der Waals surface area contributed by atoms with Gasteiger partial charge in [0.2, 0.25) is 0 Å². The van der Waals surface area contributed by atoms with Crippen LogP contribution in [-0.4, -0.2) is 33.1 Å². The molecule has 20 heavy (non-hydrogen) atoms. The van der Waals surface area contributed by atoms with Crippen molar-refractivity contribution in [2.24, 2.45) is 0 Å². The van der Waals surface area contributed by atoms with Crippen LogP contribution in [0.5, 0.6) is 11.5 Å². The molecule has 1 aromatic rings. The van der Waals surface area contributed by atoms with Crippen LogP contribution in [0.2, 0.25) is 0 Å². The minimum atomic E-state index is -0.475. The van der Waals surface area contributed by atoms with E-state index in [4.69, 9.17) is 14.2 Å². The number of carbonyl (C=O) groups excluding carboxylic acids is 1. The van der Waals surface area contributed by atoms with E-state index in [1.54, 1.807) is 32.4 Å². The molecule has 0 bridgehead atoms. The Morgan fingerprint density at radius 3 is 2.70 bits per heavy atom. The molecule has 1 amide bonds. The summed E-state index contributed by atoms with van der Waals surface area (Å²) in [5.74, 6) is 1.17. The topological polar surface area (TPSA) is 68.8 Å². The van der Waals surface area contributed by atoms with Gasteiger partial charge in [-0.1, -0.05) is 0 Å². The number of hydrogen-bond acceptors (Lipinski definition) is 5. The molecule has 110 valence electrons. The third-order valence-electron chi connectivity index (χ3n) is 3.14. The van der Waals surface area contributed by atoms with E-state index >= 15 is 0 Å². The first-order valence-electron chi connectivity index (χ1n) is 6.66. The van der Waals surface area contributed by atoms with E-state index in [-0.39, 0.29) is 6.23 Å². The number of amides is 1. The smallest absolute Gasteiger partial charge is 0.413 e. The monoisotopic (exact) mass is 280 g/mol. The average Bonchev–Trinajstić information content (AvgIpc) is 2.48. The van der Waals surface area contributed by atoms with Crippen LogP contribution in [0.4, 0.5) is 10.5 Å². The molecule has 1 saturated heterocycles. The molecule has 6 nitrogen and oxygen atoms in total. The Morgan fingerprint density at radius 2 is 2.05 bits per heavy atom. The predicted octanol–water partition coefficient (Wildman–Crippen LogP) is 2.35. The van der Waals surface area contributed by atoms with Gasteiger partial charge in [-0.25, -0.2) is 4.79 Å². The molecule has 1 aliphatic rings. The fraction of sp³-hybridized carbons (Fsp3) is 0.500. The molecule has 2 N–H and O–H groups in total. The molecule has 6 heteroatoms. The summed E-state index contributed by atoms with van der Waals surface area (Å²) < 4.78 is 15.6. The summed E-state index contributed by atoms with van der Waals surface area (Å²) in [6.07, 6.45) is 2.36. The van der Waals surface area contributed by atoms with E-state index in [2.05, 4.69) is 10.6 Å². The first-order chi connectivity index (χ1) is 9.72. The Bertz CT molecular complexity index is 458. The van der Waals surface area contributed by atoms with Crippen LogP contribution >= 0.6 is 0 Å². The van der Waals surface area contributed by atoms with Crippen molar-refractivity contribution in [3.63, 3.8) is 0 Å². The standard InChI is InChI=1S/C14H20N2O4/c1-18-11-7-6-10(9-12(11)19-2)16-14(17)20-13-5-3-4-8-15-13/h6-7,9,13,15H,3-5,8H2,1-2H3,(H,16,17). The van der Waals surface area contributed by atoms with E-state index in [0.717, 1.165) is 25.8 Å². The minimum Gasteiger partial charge on any atom is -0.493 e. The Labute approximate surface area is 118 Å². The van der Waals surface area contributed by atoms with Gasteiger partial charge in [-0.05, 0) is 37.9 Å². The van der Waals surface area contributed by atoms with Crippen molar-refractivity contribution in [1.29, 1.82) is 0 Å². The van der Waals surface area contributed by atoms with Crippen molar-refractivity contribution in [2.75, 3.05) is 26.1 Å². The van der Waals surface area contributed by atoms with E-state index in [1.165, 1.54) is 0 Å². The Hall–Kier alpha value is -1.95. The molecule has 0 radical (unpaired) electrons. The molecule has 1 aliphatic heterocycles. The normalized spacial score (nSPS) is 18.2. The molecule has 1 unspecified atom stereocenters. The molecule has 1 fully saturated rings. The van der Waals surface area contributed by atoms with Crippen LogP contribution in [0, 0.1) is 0 Å². The predicted molar refractivity (Wildman–Crippen MR) is 75.3 cm³/mol. The van der Waals surface area contributed by atoms with Crippen LogP contribution in [0.1, 0.15) is 19.3 Å². The molecule has 1 atom stereocenters. The summed E-state index contributed by atoms with van der Waals surface area (Å²) in [6, 6.07) is 5.15. The van der Waals surface area contributed by atoms with Gasteiger partial charge in [0.15, 0.2) is 17.7 Å². The highest BCUT2D eigenvalue weighted by molar-refractivity contribution is 5.85. The van der Waals surface area contributed by atoms with Crippen molar-refractivity contribution >= 4 is 11.8 Å². The van der Waals surface area contributed by atoms with Crippen LogP contribution < -0.4 is 20.1 Å². The number of anilines is 1. The number of rotatable bonds is 4. The summed E-state index contributed by atoms with van der Waals surface area (Å²) >= 11 is 0. The number of methoxy groups -OCH3 is 2. The van der Waals surface area contributed by atoms with E-state index < -0.39 is 6.09 Å². The maximum absolute atomic E-state index is 11.8. The van der Waals surface area contributed by atoms with Gasteiger partial charge in [-0.3, -0.25) is 10.6 Å². The lowest BCUT2D eigenvalue weighted by Crippen LogP contribution is -2.38. The van der Waals surface area contributed by atoms with Gasteiger partial charge in [0, 0.05) is 11.8 Å². The second-order valence-electron chi connectivity index (χ2n) is 4.54. The lowest BCUT2D eigenvalue weighted by Gasteiger charge is -2.23. The van der Waals surface area contributed by atoms with Crippen molar-refractivity contribution in [2.45, 2.75) is 25.5 Å². The van der Waals surface area contributed by atoms with Crippen LogP contribution in [0.15, 0.2) is 18.2 Å². The third kappa shape index (κ3) is 3.77. The lowest BCUT2D eigenvalue weighted by molar-refractivity contribution is 0.0716. The van der Waals surface area contributed by atoms with Gasteiger partial charge in [0.05, 0.1) is 14.2 Å². The second kappa shape index (κ2) is 7.00. The fourth-order valence-electron chi connectivity index (χ4n) is 2.11. The SMILES string of the molecule is COc1ccc(NC(=O)OC2CCCCN2)cc1OC. The summed E-state index contributed by atoms with van der Waals surface area (Å²) in [5, 5.41) is 5.83. The molecule has 2 rings (SSSR count). The number of piperidine rings is 1. The summed E-state index contributed by atoms with van der Waals surface area (Å²) in [5.41, 5.74) is 0.600. The number of hydrogen-bond donors (Lipinski definition) is 2. The van der Waals surface area contributed by atoms with Gasteiger partial charge >= 0.3 is 6.09 Å². The molecule has 0 aromatic heterocycles. The molecule has 0 aliphatic carbocycles. The highest BCUT2D eigenvalue weighted by atomic mass is 16.6. The Balaban J connectivity index is 1.93. The average molecular weight is 280 g/mol. The highest BCUT2D eigenvalue weighted by Gasteiger charge is 2.17. The number of benzene rings is 1. The van der Waals surface area contributed by atoms with Crippen LogP contribution in [0.3, 0.4) is 0 Å². The second-order valence-corrected chi connectivity index (χ2v) is 4.54. The zero-order valence-electron chi connectivity index (χ0n) is 11.8. The summed E-state index contributed by atoms with van der Waals surface area (Å²) in [7, 11) is 3.11. The third-order valence-corrected chi connectivity index (χ3v) is 3.14. The maximum Gasteiger partial charge on any atom is 0.413 e. The van der Waals surface area contributed by atoms with Gasteiger partial charge in [0.1, 0.15) is 0 Å². The van der Waals surface area contributed by atoms with Crippen molar-refractivity contribution in [3.05, 3.63) is 18.2 Å². The molecule has 1 aromatic carbocycles. The van der Waals surface area contributed by atoms with Gasteiger partial charge in [-0.15, -0.1) is 0 Å². The first-order valence-corrected chi connectivity index (χ1v) is 6.66. The van der Waals surface area contributed by atoms with E-state index in [1.807, 2.05) is 0 Å². The highest BCUT2D eigenvalue weighted by Crippen LogP contribution is 2.29. The minimum absolute atomic E-state index is 0.205. The molecular weight excluding hydrogens is 260 g/mol. The quantitative estimate of drug-likeness (QED) is 0.886. The number of ether oxygens (including phenoxy) is 3. The lowest BCUT2D eigenvalue weighted by atomic mass is 10.1. The zero-order valence-corrected chi connectivity index (χ0v) is 11.8. The number of carbonyl (C=O) groups is 1. The van der Waals surface area contributed by atoms with Crippen LogP contribution in [0.25, 0.3) is 0 Å². The van der Waals surface area contributed by atoms with Crippen molar-refractivity contribution in [3.8, 4) is 11.5 Å². The summed E-state index contributed by atoms with van der Waals surface area (Å²) in [6.45, 7) is 0.883. The van der Waals surface area contributed by atoms with Crippen molar-refractivity contribution in [1.82, 2.24) is 5.32 Å². The van der Waals surface area contributed by atoms with Crippen molar-refractivity contribution < 1.29 is 19.0 Å². The molecule has 1 heterocycles. The zero-order chi connectivity index (χ0) is 14.4. The van der Waals surface area contributed by atoms with Gasteiger partial charge < -0.3 is 14.2 Å². The van der Waals surface area contributed by atoms with Gasteiger partial charge in [-0.2, -0.15) is 0 Å². The van der Waals surface area contributed by atoms with E-state index in [9.17, 15) is 4.79 Å². The number of nitrogens with one attached hydrogen (secondary N) is 2. The molecular formula is C14H20N2O4.